The molecule has 0 atom stereocenters. The lowest BCUT2D eigenvalue weighted by molar-refractivity contribution is -0.133. The van der Waals surface area contributed by atoms with E-state index in [0.717, 1.165) is 24.2 Å². The van der Waals surface area contributed by atoms with Crippen LogP contribution in [0.2, 0.25) is 0 Å². The van der Waals surface area contributed by atoms with Crippen LogP contribution >= 0.6 is 0 Å². The zero-order valence-electron chi connectivity index (χ0n) is 17.5. The molecule has 0 saturated heterocycles. The Kier molecular flexibility index (Phi) is 8.08. The fourth-order valence-electron chi connectivity index (χ4n) is 3.54. The minimum atomic E-state index is 0.0853. The third kappa shape index (κ3) is 6.31. The molecule has 2 aromatic rings. The monoisotopic (exact) mass is 397 g/mol. The van der Waals surface area contributed by atoms with Crippen molar-refractivity contribution in [1.29, 1.82) is 0 Å². The molecule has 0 aliphatic carbocycles. The summed E-state index contributed by atoms with van der Waals surface area (Å²) in [5.74, 6) is 1.01. The molecule has 5 heteroatoms. The molecular formula is C24H31NO4. The Morgan fingerprint density at radius 2 is 1.97 bits per heavy atom. The van der Waals surface area contributed by atoms with Crippen molar-refractivity contribution in [1.82, 2.24) is 4.90 Å². The molecule has 156 valence electrons. The molecule has 0 unspecified atom stereocenters. The van der Waals surface area contributed by atoms with Gasteiger partial charge in [0.25, 0.3) is 0 Å². The molecule has 1 aliphatic heterocycles. The highest BCUT2D eigenvalue weighted by Gasteiger charge is 2.15. The summed E-state index contributed by atoms with van der Waals surface area (Å²) in [7, 11) is 1.62. The van der Waals surface area contributed by atoms with Crippen molar-refractivity contribution in [3.8, 4) is 5.75 Å². The van der Waals surface area contributed by atoms with Gasteiger partial charge in [-0.2, -0.15) is 0 Å². The molecule has 1 aliphatic rings. The summed E-state index contributed by atoms with van der Waals surface area (Å²) in [6, 6.07) is 14.9. The summed E-state index contributed by atoms with van der Waals surface area (Å²) in [4.78, 5) is 14.4. The van der Waals surface area contributed by atoms with E-state index in [0.29, 0.717) is 45.9 Å². The van der Waals surface area contributed by atoms with Crippen LogP contribution in [0.25, 0.3) is 0 Å². The summed E-state index contributed by atoms with van der Waals surface area (Å²) in [6.07, 6.45) is 2.18. The third-order valence-electron chi connectivity index (χ3n) is 5.16. The number of fused-ring (bicyclic) bond motifs is 3. The van der Waals surface area contributed by atoms with Gasteiger partial charge < -0.3 is 19.1 Å². The molecule has 0 radical (unpaired) electrons. The van der Waals surface area contributed by atoms with Gasteiger partial charge >= 0.3 is 0 Å². The van der Waals surface area contributed by atoms with Crippen molar-refractivity contribution in [2.75, 3.05) is 40.1 Å². The number of methoxy groups -OCH3 is 1. The van der Waals surface area contributed by atoms with Gasteiger partial charge in [0.05, 0.1) is 26.2 Å². The Morgan fingerprint density at radius 3 is 2.79 bits per heavy atom. The number of hydrogen-bond acceptors (Lipinski definition) is 4. The number of benzene rings is 2. The molecule has 0 spiro atoms. The number of rotatable bonds is 4. The van der Waals surface area contributed by atoms with Crippen LogP contribution in [0.3, 0.4) is 0 Å². The zero-order valence-corrected chi connectivity index (χ0v) is 17.5. The number of amides is 1. The van der Waals surface area contributed by atoms with Crippen LogP contribution in [0.5, 0.6) is 5.75 Å². The van der Waals surface area contributed by atoms with Gasteiger partial charge in [0.1, 0.15) is 12.4 Å². The average Bonchev–Trinajstić information content (AvgIpc) is 2.74. The van der Waals surface area contributed by atoms with E-state index in [2.05, 4.69) is 49.4 Å². The van der Waals surface area contributed by atoms with E-state index in [9.17, 15) is 4.79 Å². The lowest BCUT2D eigenvalue weighted by Gasteiger charge is -2.24. The maximum Gasteiger partial charge on any atom is 0.225 e. The minimum Gasteiger partial charge on any atom is -0.491 e. The first-order valence-electron chi connectivity index (χ1n) is 10.4. The fourth-order valence-corrected chi connectivity index (χ4v) is 3.54. The van der Waals surface area contributed by atoms with E-state index in [-0.39, 0.29) is 5.91 Å². The predicted molar refractivity (Wildman–Crippen MR) is 113 cm³/mol. The summed E-state index contributed by atoms with van der Waals surface area (Å²) in [5, 5.41) is 0. The topological polar surface area (TPSA) is 48.0 Å². The van der Waals surface area contributed by atoms with Gasteiger partial charge in [0, 0.05) is 26.6 Å². The van der Waals surface area contributed by atoms with Crippen LogP contribution in [0.15, 0.2) is 42.5 Å². The summed E-state index contributed by atoms with van der Waals surface area (Å²) in [6.45, 7) is 5.22. The molecule has 0 fully saturated rings. The lowest BCUT2D eigenvalue weighted by Crippen LogP contribution is -2.34. The molecule has 2 aromatic carbocycles. The highest BCUT2D eigenvalue weighted by Crippen LogP contribution is 2.24. The van der Waals surface area contributed by atoms with E-state index >= 15 is 0 Å². The Bertz CT molecular complexity index is 805. The molecule has 1 heterocycles. The van der Waals surface area contributed by atoms with Gasteiger partial charge in [-0.1, -0.05) is 43.3 Å². The third-order valence-corrected chi connectivity index (χ3v) is 5.16. The van der Waals surface area contributed by atoms with Crippen molar-refractivity contribution < 1.29 is 19.0 Å². The maximum atomic E-state index is 12.6. The SMILES string of the molecule is CCc1ccc2c(c1)Cc1cccc(c1)CN(C(=O)CCOC)CCOCCO2. The standard InChI is InChI=1S/C24H31NO4/c1-3-19-7-8-23-22(16-19)17-20-5-4-6-21(15-20)18-25(24(26)9-11-27-2)10-12-28-13-14-29-23/h4-8,15-16H,3,9-14,17-18H2,1-2H3. The van der Waals surface area contributed by atoms with E-state index in [1.165, 1.54) is 16.7 Å². The van der Waals surface area contributed by atoms with Crippen molar-refractivity contribution in [3.63, 3.8) is 0 Å². The summed E-state index contributed by atoms with van der Waals surface area (Å²) < 4.78 is 16.8. The lowest BCUT2D eigenvalue weighted by atomic mass is 9.99. The van der Waals surface area contributed by atoms with Crippen LogP contribution < -0.4 is 4.74 Å². The van der Waals surface area contributed by atoms with Crippen LogP contribution in [0.1, 0.15) is 35.6 Å². The molecule has 5 nitrogen and oxygen atoms in total. The van der Waals surface area contributed by atoms with Crippen molar-refractivity contribution in [2.24, 2.45) is 0 Å². The number of ether oxygens (including phenoxy) is 3. The van der Waals surface area contributed by atoms with Gasteiger partial charge in [-0.05, 0) is 34.7 Å². The van der Waals surface area contributed by atoms with Crippen LogP contribution in [-0.4, -0.2) is 50.9 Å². The van der Waals surface area contributed by atoms with Crippen LogP contribution in [0, 0.1) is 0 Å². The number of carbonyl (C=O) groups excluding carboxylic acids is 1. The predicted octanol–water partition coefficient (Wildman–Crippen LogP) is 3.61. The molecular weight excluding hydrogens is 366 g/mol. The first-order chi connectivity index (χ1) is 14.2. The first-order valence-corrected chi connectivity index (χ1v) is 10.4. The fraction of sp³-hybridized carbons (Fsp3) is 0.458. The van der Waals surface area contributed by atoms with E-state index in [1.54, 1.807) is 7.11 Å². The van der Waals surface area contributed by atoms with Gasteiger partial charge in [-0.15, -0.1) is 0 Å². The second kappa shape index (κ2) is 11.0. The van der Waals surface area contributed by atoms with Crippen molar-refractivity contribution in [3.05, 3.63) is 64.7 Å². The number of nitrogens with zero attached hydrogens (tertiary/aromatic N) is 1. The molecule has 29 heavy (non-hydrogen) atoms. The van der Waals surface area contributed by atoms with Gasteiger partial charge in [-0.3, -0.25) is 4.79 Å². The second-order valence-electron chi connectivity index (χ2n) is 7.31. The average molecular weight is 398 g/mol. The Morgan fingerprint density at radius 1 is 1.10 bits per heavy atom. The smallest absolute Gasteiger partial charge is 0.225 e. The van der Waals surface area contributed by atoms with Crippen molar-refractivity contribution >= 4 is 5.91 Å². The van der Waals surface area contributed by atoms with Gasteiger partial charge in [0.2, 0.25) is 5.91 Å². The number of carbonyl (C=O) groups is 1. The van der Waals surface area contributed by atoms with E-state index in [4.69, 9.17) is 14.2 Å². The normalized spacial score (nSPS) is 15.2. The first kappa shape index (κ1) is 21.3. The zero-order chi connectivity index (χ0) is 20.5. The molecule has 2 bridgehead atoms. The quantitative estimate of drug-likeness (QED) is 0.791. The Balaban J connectivity index is 1.85. The van der Waals surface area contributed by atoms with Crippen molar-refractivity contribution in [2.45, 2.75) is 32.7 Å². The van der Waals surface area contributed by atoms with Crippen LogP contribution in [-0.2, 0) is 33.7 Å². The Labute approximate surface area is 173 Å². The maximum absolute atomic E-state index is 12.6. The highest BCUT2D eigenvalue weighted by molar-refractivity contribution is 5.76. The second-order valence-corrected chi connectivity index (χ2v) is 7.31. The molecule has 3 rings (SSSR count). The molecule has 0 N–H and O–H groups in total. The van der Waals surface area contributed by atoms with E-state index < -0.39 is 0 Å². The van der Waals surface area contributed by atoms with Gasteiger partial charge in [0.15, 0.2) is 0 Å². The number of aryl methyl sites for hydroxylation is 1. The molecule has 0 saturated carbocycles. The van der Waals surface area contributed by atoms with Crippen LogP contribution in [0.4, 0.5) is 0 Å². The molecule has 1 amide bonds. The largest absolute Gasteiger partial charge is 0.491 e. The Hall–Kier alpha value is -2.37. The summed E-state index contributed by atoms with van der Waals surface area (Å²) >= 11 is 0. The molecule has 0 aromatic heterocycles. The van der Waals surface area contributed by atoms with Gasteiger partial charge in [-0.25, -0.2) is 0 Å². The highest BCUT2D eigenvalue weighted by atomic mass is 16.5. The number of hydrogen-bond donors (Lipinski definition) is 0. The van der Waals surface area contributed by atoms with E-state index in [1.807, 2.05) is 4.90 Å². The summed E-state index contributed by atoms with van der Waals surface area (Å²) in [5.41, 5.74) is 4.83. The minimum absolute atomic E-state index is 0.0853.